The van der Waals surface area contributed by atoms with Gasteiger partial charge in [-0.25, -0.2) is 0 Å². The van der Waals surface area contributed by atoms with Crippen LogP contribution in [0.5, 0.6) is 0 Å². The Morgan fingerprint density at radius 2 is 1.94 bits per heavy atom. The molecule has 0 bridgehead atoms. The van der Waals surface area contributed by atoms with E-state index in [0.717, 1.165) is 6.54 Å². The Morgan fingerprint density at radius 3 is 2.44 bits per heavy atom. The molecule has 0 radical (unpaired) electrons. The second kappa shape index (κ2) is 6.61. The van der Waals surface area contributed by atoms with Gasteiger partial charge in [0.1, 0.15) is 0 Å². The van der Waals surface area contributed by atoms with Crippen molar-refractivity contribution in [1.82, 2.24) is 5.32 Å². The summed E-state index contributed by atoms with van der Waals surface area (Å²) in [6, 6.07) is 0.538. The van der Waals surface area contributed by atoms with E-state index in [9.17, 15) is 0 Å². The Hall–Kier alpha value is -0.0800. The quantitative estimate of drug-likeness (QED) is 0.778. The molecule has 1 heterocycles. The van der Waals surface area contributed by atoms with Crippen molar-refractivity contribution in [2.45, 2.75) is 72.1 Å². The van der Waals surface area contributed by atoms with Crippen molar-refractivity contribution in [3.05, 3.63) is 0 Å². The maximum absolute atomic E-state index is 6.25. The topological polar surface area (TPSA) is 21.3 Å². The zero-order valence-electron chi connectivity index (χ0n) is 11.6. The van der Waals surface area contributed by atoms with E-state index in [1.54, 1.807) is 0 Å². The molecule has 3 atom stereocenters. The first kappa shape index (κ1) is 14.0. The summed E-state index contributed by atoms with van der Waals surface area (Å²) in [4.78, 5) is 0. The molecule has 16 heavy (non-hydrogen) atoms. The number of hydrogen-bond donors (Lipinski definition) is 1. The predicted molar refractivity (Wildman–Crippen MR) is 69.7 cm³/mol. The molecule has 1 aliphatic heterocycles. The van der Waals surface area contributed by atoms with Crippen LogP contribution >= 0.6 is 0 Å². The molecular formula is C14H29NO. The molecule has 0 aliphatic carbocycles. The molecular weight excluding hydrogens is 198 g/mol. The highest BCUT2D eigenvalue weighted by Crippen LogP contribution is 2.23. The lowest BCUT2D eigenvalue weighted by molar-refractivity contribution is -0.0829. The number of rotatable bonds is 5. The van der Waals surface area contributed by atoms with Gasteiger partial charge in [-0.2, -0.15) is 0 Å². The van der Waals surface area contributed by atoms with E-state index >= 15 is 0 Å². The summed E-state index contributed by atoms with van der Waals surface area (Å²) in [7, 11) is 0. The lowest BCUT2D eigenvalue weighted by Gasteiger charge is -2.40. The minimum absolute atomic E-state index is 0.408. The monoisotopic (exact) mass is 227 g/mol. The number of nitrogens with one attached hydrogen (secondary N) is 1. The van der Waals surface area contributed by atoms with Crippen LogP contribution in [0.3, 0.4) is 0 Å². The van der Waals surface area contributed by atoms with Crippen molar-refractivity contribution in [1.29, 1.82) is 0 Å². The maximum Gasteiger partial charge on any atom is 0.0737 e. The molecule has 1 aliphatic rings. The molecule has 2 nitrogen and oxygen atoms in total. The molecule has 1 N–H and O–H groups in total. The molecule has 0 aromatic carbocycles. The minimum Gasteiger partial charge on any atom is -0.372 e. The highest BCUT2D eigenvalue weighted by atomic mass is 16.5. The van der Waals surface area contributed by atoms with Gasteiger partial charge in [-0.1, -0.05) is 41.0 Å². The molecule has 0 aromatic rings. The lowest BCUT2D eigenvalue weighted by atomic mass is 9.90. The van der Waals surface area contributed by atoms with Gasteiger partial charge in [0.15, 0.2) is 0 Å². The minimum atomic E-state index is 0.408. The van der Waals surface area contributed by atoms with Gasteiger partial charge in [-0.05, 0) is 24.7 Å². The summed E-state index contributed by atoms with van der Waals surface area (Å²) >= 11 is 0. The van der Waals surface area contributed by atoms with Gasteiger partial charge in [0.25, 0.3) is 0 Å². The summed E-state index contributed by atoms with van der Waals surface area (Å²) in [5, 5.41) is 3.68. The first-order valence-corrected chi connectivity index (χ1v) is 6.93. The first-order valence-electron chi connectivity index (χ1n) is 6.93. The van der Waals surface area contributed by atoms with E-state index in [-0.39, 0.29) is 0 Å². The van der Waals surface area contributed by atoms with Crippen LogP contribution in [0.1, 0.15) is 53.9 Å². The van der Waals surface area contributed by atoms with Crippen LogP contribution in [0.15, 0.2) is 0 Å². The van der Waals surface area contributed by atoms with Gasteiger partial charge in [-0.3, -0.25) is 0 Å². The van der Waals surface area contributed by atoms with E-state index in [2.05, 4.69) is 39.9 Å². The van der Waals surface area contributed by atoms with Gasteiger partial charge in [0.2, 0.25) is 0 Å². The summed E-state index contributed by atoms with van der Waals surface area (Å²) in [6.45, 7) is 12.4. The SMILES string of the molecule is CCCC1CNC(C(C)C)C(CC(C)C)O1. The number of morpholine rings is 1. The highest BCUT2D eigenvalue weighted by molar-refractivity contribution is 4.87. The maximum atomic E-state index is 6.25. The standard InChI is InChI=1S/C14H29NO/c1-6-7-12-9-15-14(11(4)5)13(16-12)8-10(2)3/h10-15H,6-9H2,1-5H3. The van der Waals surface area contributed by atoms with E-state index in [1.807, 2.05) is 0 Å². The molecule has 0 amide bonds. The van der Waals surface area contributed by atoms with Crippen LogP contribution in [-0.4, -0.2) is 24.8 Å². The van der Waals surface area contributed by atoms with Crippen LogP contribution in [0, 0.1) is 11.8 Å². The summed E-state index contributed by atoms with van der Waals surface area (Å²) in [5.41, 5.74) is 0. The van der Waals surface area contributed by atoms with E-state index in [4.69, 9.17) is 4.74 Å². The Labute approximate surface area is 101 Å². The molecule has 0 spiro atoms. The average molecular weight is 227 g/mol. The van der Waals surface area contributed by atoms with E-state index < -0.39 is 0 Å². The van der Waals surface area contributed by atoms with Gasteiger partial charge < -0.3 is 10.1 Å². The second-order valence-electron chi connectivity index (χ2n) is 5.89. The summed E-state index contributed by atoms with van der Waals surface area (Å²) in [5.74, 6) is 1.37. The number of hydrogen-bond acceptors (Lipinski definition) is 2. The van der Waals surface area contributed by atoms with Crippen LogP contribution in [0.2, 0.25) is 0 Å². The Bertz CT molecular complexity index is 191. The third-order valence-electron chi connectivity index (χ3n) is 3.38. The predicted octanol–water partition coefficient (Wildman–Crippen LogP) is 3.21. The third kappa shape index (κ3) is 4.06. The smallest absolute Gasteiger partial charge is 0.0737 e. The van der Waals surface area contributed by atoms with Gasteiger partial charge in [0.05, 0.1) is 12.2 Å². The molecule has 1 rings (SSSR count). The highest BCUT2D eigenvalue weighted by Gasteiger charge is 2.32. The van der Waals surface area contributed by atoms with Crippen LogP contribution in [0.4, 0.5) is 0 Å². The molecule has 0 saturated carbocycles. The molecule has 0 aromatic heterocycles. The van der Waals surface area contributed by atoms with Gasteiger partial charge >= 0.3 is 0 Å². The lowest BCUT2D eigenvalue weighted by Crippen LogP contribution is -2.55. The van der Waals surface area contributed by atoms with Gasteiger partial charge in [-0.15, -0.1) is 0 Å². The Balaban J connectivity index is 2.54. The third-order valence-corrected chi connectivity index (χ3v) is 3.38. The van der Waals surface area contributed by atoms with Crippen LogP contribution in [-0.2, 0) is 4.74 Å². The van der Waals surface area contributed by atoms with Crippen molar-refractivity contribution in [3.63, 3.8) is 0 Å². The zero-order chi connectivity index (χ0) is 12.1. The van der Waals surface area contributed by atoms with Crippen LogP contribution < -0.4 is 5.32 Å². The van der Waals surface area contributed by atoms with Gasteiger partial charge in [0, 0.05) is 12.6 Å². The Morgan fingerprint density at radius 1 is 1.25 bits per heavy atom. The first-order chi connectivity index (χ1) is 7.54. The molecule has 96 valence electrons. The fourth-order valence-corrected chi connectivity index (χ4v) is 2.60. The zero-order valence-corrected chi connectivity index (χ0v) is 11.6. The fourth-order valence-electron chi connectivity index (χ4n) is 2.60. The second-order valence-corrected chi connectivity index (χ2v) is 5.89. The van der Waals surface area contributed by atoms with E-state index in [0.29, 0.717) is 30.1 Å². The van der Waals surface area contributed by atoms with Crippen molar-refractivity contribution < 1.29 is 4.74 Å². The van der Waals surface area contributed by atoms with Crippen LogP contribution in [0.25, 0.3) is 0 Å². The Kier molecular flexibility index (Phi) is 5.77. The molecule has 1 saturated heterocycles. The average Bonchev–Trinajstić information content (AvgIpc) is 2.16. The molecule has 1 fully saturated rings. The van der Waals surface area contributed by atoms with Crippen molar-refractivity contribution in [3.8, 4) is 0 Å². The molecule has 3 unspecified atom stereocenters. The normalized spacial score (nSPS) is 31.3. The van der Waals surface area contributed by atoms with Crippen molar-refractivity contribution in [2.75, 3.05) is 6.54 Å². The summed E-state index contributed by atoms with van der Waals surface area (Å²) < 4.78 is 6.25. The fraction of sp³-hybridized carbons (Fsp3) is 1.00. The largest absolute Gasteiger partial charge is 0.372 e. The summed E-state index contributed by atoms with van der Waals surface area (Å²) in [6.07, 6.45) is 4.42. The molecule has 2 heteroatoms. The number of ether oxygens (including phenoxy) is 1. The van der Waals surface area contributed by atoms with Crippen molar-refractivity contribution in [2.24, 2.45) is 11.8 Å². The van der Waals surface area contributed by atoms with E-state index in [1.165, 1.54) is 19.3 Å². The van der Waals surface area contributed by atoms with Crippen molar-refractivity contribution >= 4 is 0 Å².